The van der Waals surface area contributed by atoms with Gasteiger partial charge in [0.1, 0.15) is 0 Å². The van der Waals surface area contributed by atoms with Crippen LogP contribution in [0.4, 0.5) is 0 Å². The molecule has 0 amide bonds. The smallest absolute Gasteiger partial charge is 0.0626 e. The molecule has 17 heavy (non-hydrogen) atoms. The number of ether oxygens (including phenoxy) is 1. The Morgan fingerprint density at radius 3 is 2.41 bits per heavy atom. The molecule has 0 bridgehead atoms. The van der Waals surface area contributed by atoms with Gasteiger partial charge in [-0.25, -0.2) is 0 Å². The van der Waals surface area contributed by atoms with Crippen LogP contribution in [0.1, 0.15) is 58.3 Å². The summed E-state index contributed by atoms with van der Waals surface area (Å²) in [6.45, 7) is 4.40. The molecular formula is C15H27NO. The zero-order chi connectivity index (χ0) is 11.7. The van der Waals surface area contributed by atoms with Crippen LogP contribution < -0.4 is 0 Å². The number of hydrogen-bond acceptors (Lipinski definition) is 2. The number of hydrogen-bond donors (Lipinski definition) is 0. The average molecular weight is 237 g/mol. The van der Waals surface area contributed by atoms with E-state index in [1.54, 1.807) is 0 Å². The van der Waals surface area contributed by atoms with Gasteiger partial charge in [-0.15, -0.1) is 0 Å². The van der Waals surface area contributed by atoms with E-state index in [0.717, 1.165) is 37.3 Å². The van der Waals surface area contributed by atoms with Crippen molar-refractivity contribution in [2.45, 2.75) is 76.4 Å². The molecule has 3 atom stereocenters. The molecule has 3 fully saturated rings. The molecule has 2 heteroatoms. The van der Waals surface area contributed by atoms with E-state index in [1.807, 2.05) is 0 Å². The van der Waals surface area contributed by atoms with Crippen molar-refractivity contribution in [2.75, 3.05) is 13.2 Å². The van der Waals surface area contributed by atoms with Gasteiger partial charge < -0.3 is 4.74 Å². The van der Waals surface area contributed by atoms with Crippen LogP contribution in [-0.4, -0.2) is 36.2 Å². The van der Waals surface area contributed by atoms with Gasteiger partial charge in [0.25, 0.3) is 0 Å². The van der Waals surface area contributed by atoms with Crippen LogP contribution in [0.3, 0.4) is 0 Å². The van der Waals surface area contributed by atoms with Crippen molar-refractivity contribution >= 4 is 0 Å². The molecule has 2 nitrogen and oxygen atoms in total. The van der Waals surface area contributed by atoms with Crippen molar-refractivity contribution in [1.29, 1.82) is 0 Å². The zero-order valence-corrected chi connectivity index (χ0v) is 11.2. The Bertz CT molecular complexity index is 247. The molecule has 0 spiro atoms. The molecule has 0 aromatic carbocycles. The highest BCUT2D eigenvalue weighted by Crippen LogP contribution is 2.42. The van der Waals surface area contributed by atoms with Crippen molar-refractivity contribution in [3.63, 3.8) is 0 Å². The van der Waals surface area contributed by atoms with E-state index >= 15 is 0 Å². The molecule has 2 heterocycles. The van der Waals surface area contributed by atoms with Crippen LogP contribution in [0.2, 0.25) is 0 Å². The first-order valence-electron chi connectivity index (χ1n) is 7.77. The van der Waals surface area contributed by atoms with Gasteiger partial charge in [-0.05, 0) is 19.3 Å². The van der Waals surface area contributed by atoms with Crippen molar-refractivity contribution in [3.8, 4) is 0 Å². The third-order valence-corrected chi connectivity index (χ3v) is 5.27. The maximum atomic E-state index is 5.70. The lowest BCUT2D eigenvalue weighted by atomic mass is 9.77. The quantitative estimate of drug-likeness (QED) is 0.731. The Balaban J connectivity index is 1.64. The van der Waals surface area contributed by atoms with E-state index < -0.39 is 0 Å². The molecule has 1 unspecified atom stereocenters. The third-order valence-electron chi connectivity index (χ3n) is 5.27. The van der Waals surface area contributed by atoms with Gasteiger partial charge in [-0.3, -0.25) is 4.90 Å². The topological polar surface area (TPSA) is 12.5 Å². The molecular weight excluding hydrogens is 210 g/mol. The Labute approximate surface area is 106 Å². The Morgan fingerprint density at radius 2 is 1.71 bits per heavy atom. The Kier molecular flexibility index (Phi) is 3.72. The average Bonchev–Trinajstić information content (AvgIpc) is 2.67. The summed E-state index contributed by atoms with van der Waals surface area (Å²) >= 11 is 0. The molecule has 1 aliphatic carbocycles. The minimum absolute atomic E-state index is 0.782. The fourth-order valence-electron chi connectivity index (χ4n) is 4.39. The van der Waals surface area contributed by atoms with Gasteiger partial charge in [0.15, 0.2) is 0 Å². The van der Waals surface area contributed by atoms with Crippen LogP contribution in [0.25, 0.3) is 0 Å². The van der Waals surface area contributed by atoms with Gasteiger partial charge >= 0.3 is 0 Å². The first kappa shape index (κ1) is 12.0. The maximum Gasteiger partial charge on any atom is 0.0626 e. The number of rotatable bonds is 2. The van der Waals surface area contributed by atoms with Crippen LogP contribution >= 0.6 is 0 Å². The highest BCUT2D eigenvalue weighted by Gasteiger charge is 2.52. The van der Waals surface area contributed by atoms with Crippen LogP contribution in [0, 0.1) is 5.92 Å². The molecule has 3 rings (SSSR count). The molecule has 0 aromatic heterocycles. The van der Waals surface area contributed by atoms with E-state index in [0.29, 0.717) is 0 Å². The van der Waals surface area contributed by atoms with Gasteiger partial charge in [-0.1, -0.05) is 39.0 Å². The molecule has 0 N–H and O–H groups in total. The lowest BCUT2D eigenvalue weighted by molar-refractivity contribution is -0.0693. The van der Waals surface area contributed by atoms with Crippen molar-refractivity contribution in [3.05, 3.63) is 0 Å². The number of nitrogens with zero attached hydrogens (tertiary/aromatic N) is 1. The summed E-state index contributed by atoms with van der Waals surface area (Å²) in [5.41, 5.74) is 0. The van der Waals surface area contributed by atoms with Crippen LogP contribution in [0.15, 0.2) is 0 Å². The van der Waals surface area contributed by atoms with E-state index in [2.05, 4.69) is 11.8 Å². The van der Waals surface area contributed by atoms with Gasteiger partial charge in [-0.2, -0.15) is 0 Å². The second-order valence-electron chi connectivity index (χ2n) is 6.19. The maximum absolute atomic E-state index is 5.70. The summed E-state index contributed by atoms with van der Waals surface area (Å²) in [6.07, 6.45) is 11.5. The molecule has 2 saturated heterocycles. The highest BCUT2D eigenvalue weighted by molar-refractivity contribution is 5.05. The number of fused-ring (bicyclic) bond motifs is 1. The second-order valence-corrected chi connectivity index (χ2v) is 6.19. The lowest BCUT2D eigenvalue weighted by Crippen LogP contribution is -2.66. The predicted octanol–water partition coefficient (Wildman–Crippen LogP) is 3.21. The SMILES string of the molecule is CC[C@@H]1C2COC[C@H]2N1C1CCCCCCC1. The van der Waals surface area contributed by atoms with E-state index in [9.17, 15) is 0 Å². The normalized spacial score (nSPS) is 40.4. The highest BCUT2D eigenvalue weighted by atomic mass is 16.5. The summed E-state index contributed by atoms with van der Waals surface area (Å²) in [5, 5.41) is 0. The fourth-order valence-corrected chi connectivity index (χ4v) is 4.39. The first-order chi connectivity index (χ1) is 8.42. The first-order valence-corrected chi connectivity index (χ1v) is 7.77. The molecule has 1 saturated carbocycles. The summed E-state index contributed by atoms with van der Waals surface area (Å²) < 4.78 is 5.70. The van der Waals surface area contributed by atoms with Gasteiger partial charge in [0, 0.05) is 24.0 Å². The summed E-state index contributed by atoms with van der Waals surface area (Å²) in [7, 11) is 0. The summed E-state index contributed by atoms with van der Waals surface area (Å²) in [4.78, 5) is 2.85. The second kappa shape index (κ2) is 5.27. The minimum atomic E-state index is 0.782. The zero-order valence-electron chi connectivity index (χ0n) is 11.2. The van der Waals surface area contributed by atoms with Crippen LogP contribution in [-0.2, 0) is 4.74 Å². The van der Waals surface area contributed by atoms with Crippen molar-refractivity contribution < 1.29 is 4.74 Å². The molecule has 98 valence electrons. The molecule has 3 aliphatic rings. The minimum Gasteiger partial charge on any atom is -0.379 e. The van der Waals surface area contributed by atoms with E-state index in [-0.39, 0.29) is 0 Å². The molecule has 0 radical (unpaired) electrons. The van der Waals surface area contributed by atoms with Gasteiger partial charge in [0.2, 0.25) is 0 Å². The van der Waals surface area contributed by atoms with Gasteiger partial charge in [0.05, 0.1) is 13.2 Å². The summed E-state index contributed by atoms with van der Waals surface area (Å²) in [6, 6.07) is 2.50. The summed E-state index contributed by atoms with van der Waals surface area (Å²) in [5.74, 6) is 0.866. The Hall–Kier alpha value is -0.0800. The number of likely N-dealkylation sites (tertiary alicyclic amines) is 1. The van der Waals surface area contributed by atoms with Crippen molar-refractivity contribution in [2.24, 2.45) is 5.92 Å². The standard InChI is InChI=1S/C15H27NO/c1-2-14-13-10-17-11-15(13)16(14)12-8-6-4-3-5-7-9-12/h12-15H,2-11H2,1H3/t13?,14-,15-/m1/s1. The molecule has 0 aromatic rings. The lowest BCUT2D eigenvalue weighted by Gasteiger charge is -2.55. The molecule has 2 aliphatic heterocycles. The van der Waals surface area contributed by atoms with Crippen LogP contribution in [0.5, 0.6) is 0 Å². The largest absolute Gasteiger partial charge is 0.379 e. The van der Waals surface area contributed by atoms with Crippen molar-refractivity contribution in [1.82, 2.24) is 4.90 Å². The van der Waals surface area contributed by atoms with E-state index in [4.69, 9.17) is 4.74 Å². The third kappa shape index (κ3) is 2.15. The van der Waals surface area contributed by atoms with E-state index in [1.165, 1.54) is 51.4 Å². The Morgan fingerprint density at radius 1 is 1.00 bits per heavy atom. The monoisotopic (exact) mass is 237 g/mol. The predicted molar refractivity (Wildman–Crippen MR) is 70.1 cm³/mol. The fraction of sp³-hybridized carbons (Fsp3) is 1.00.